The number of carbonyl (C=O) groups excluding carboxylic acids is 2. The van der Waals surface area contributed by atoms with Gasteiger partial charge in [0.25, 0.3) is 0 Å². The molecule has 3 aliphatic rings. The number of rotatable bonds is 6. The molecule has 3 fully saturated rings. The third kappa shape index (κ3) is 4.91. The molecule has 1 aromatic rings. The van der Waals surface area contributed by atoms with Gasteiger partial charge in [-0.05, 0) is 62.3 Å². The Bertz CT molecular complexity index is 628. The molecule has 0 spiro atoms. The highest BCUT2D eigenvalue weighted by atomic mass is 32.1. The van der Waals surface area contributed by atoms with E-state index in [9.17, 15) is 9.59 Å². The van der Waals surface area contributed by atoms with Gasteiger partial charge in [-0.25, -0.2) is 0 Å². The predicted octanol–water partition coefficient (Wildman–Crippen LogP) is 2.57. The first-order valence-corrected chi connectivity index (χ1v) is 11.4. The average Bonchev–Trinajstić information content (AvgIpc) is 3.31. The fourth-order valence-electron chi connectivity index (χ4n) is 5.02. The summed E-state index contributed by atoms with van der Waals surface area (Å²) in [7, 11) is 0. The smallest absolute Gasteiger partial charge is 0.223 e. The maximum atomic E-state index is 12.7. The van der Waals surface area contributed by atoms with Crippen molar-refractivity contribution in [1.82, 2.24) is 15.5 Å². The van der Waals surface area contributed by atoms with Crippen LogP contribution >= 0.6 is 11.3 Å². The van der Waals surface area contributed by atoms with Crippen molar-refractivity contribution < 1.29 is 9.59 Å². The van der Waals surface area contributed by atoms with Gasteiger partial charge in [0.1, 0.15) is 0 Å². The minimum Gasteiger partial charge on any atom is -0.355 e. The maximum absolute atomic E-state index is 12.7. The van der Waals surface area contributed by atoms with E-state index in [1.165, 1.54) is 17.7 Å². The Balaban J connectivity index is 1.16. The van der Waals surface area contributed by atoms with Crippen LogP contribution in [0.15, 0.2) is 17.5 Å². The van der Waals surface area contributed by atoms with Gasteiger partial charge in [-0.1, -0.05) is 6.07 Å². The number of nitrogens with zero attached hydrogens (tertiary/aromatic N) is 1. The number of amides is 2. The van der Waals surface area contributed by atoms with Gasteiger partial charge in [-0.3, -0.25) is 9.59 Å². The van der Waals surface area contributed by atoms with Crippen LogP contribution in [0.4, 0.5) is 0 Å². The summed E-state index contributed by atoms with van der Waals surface area (Å²) in [6.07, 6.45) is 8.08. The van der Waals surface area contributed by atoms with E-state index >= 15 is 0 Å². The van der Waals surface area contributed by atoms with Crippen molar-refractivity contribution in [1.29, 1.82) is 0 Å². The largest absolute Gasteiger partial charge is 0.355 e. The van der Waals surface area contributed by atoms with E-state index in [1.807, 2.05) is 11.0 Å². The lowest BCUT2D eigenvalue weighted by atomic mass is 9.88. The summed E-state index contributed by atoms with van der Waals surface area (Å²) >= 11 is 1.73. The molecule has 27 heavy (non-hydrogen) atoms. The van der Waals surface area contributed by atoms with Crippen molar-refractivity contribution >= 4 is 23.2 Å². The highest BCUT2D eigenvalue weighted by Gasteiger charge is 2.35. The van der Waals surface area contributed by atoms with Crippen molar-refractivity contribution in [2.45, 2.75) is 63.5 Å². The van der Waals surface area contributed by atoms with Gasteiger partial charge >= 0.3 is 0 Å². The summed E-state index contributed by atoms with van der Waals surface area (Å²) in [6, 6.07) is 5.44. The molecule has 0 radical (unpaired) electrons. The SMILES string of the molecule is O=C(NCCc1cccs1)C1CCN(C(=O)CC2CC3CCC(C2)N3)CC1. The first kappa shape index (κ1) is 18.9. The van der Waals surface area contributed by atoms with Gasteiger partial charge in [0.05, 0.1) is 0 Å². The fraction of sp³-hybridized carbons (Fsp3) is 0.714. The van der Waals surface area contributed by atoms with Crippen LogP contribution in [0.5, 0.6) is 0 Å². The zero-order valence-corrected chi connectivity index (χ0v) is 16.8. The van der Waals surface area contributed by atoms with Gasteiger partial charge in [0.15, 0.2) is 0 Å². The van der Waals surface area contributed by atoms with E-state index in [-0.39, 0.29) is 11.8 Å². The molecule has 2 atom stereocenters. The Labute approximate surface area is 165 Å². The lowest BCUT2D eigenvalue weighted by Crippen LogP contribution is -2.45. The van der Waals surface area contributed by atoms with Crippen LogP contribution in [-0.4, -0.2) is 48.4 Å². The Morgan fingerprint density at radius 3 is 2.56 bits per heavy atom. The average molecular weight is 390 g/mol. The summed E-state index contributed by atoms with van der Waals surface area (Å²) < 4.78 is 0. The molecule has 2 unspecified atom stereocenters. The van der Waals surface area contributed by atoms with Crippen LogP contribution in [0.3, 0.4) is 0 Å². The first-order valence-electron chi connectivity index (χ1n) is 10.5. The Kier molecular flexibility index (Phi) is 6.13. The molecule has 3 aliphatic heterocycles. The van der Waals surface area contributed by atoms with Crippen LogP contribution in [-0.2, 0) is 16.0 Å². The molecule has 1 aromatic heterocycles. The van der Waals surface area contributed by atoms with Crippen LogP contribution < -0.4 is 10.6 Å². The number of piperidine rings is 2. The number of hydrogen-bond donors (Lipinski definition) is 2. The van der Waals surface area contributed by atoms with Crippen LogP contribution in [0.1, 0.15) is 49.8 Å². The summed E-state index contributed by atoms with van der Waals surface area (Å²) in [5.74, 6) is 1.08. The van der Waals surface area contributed by atoms with Crippen molar-refractivity contribution in [3.8, 4) is 0 Å². The summed E-state index contributed by atoms with van der Waals surface area (Å²) in [5.41, 5.74) is 0. The van der Waals surface area contributed by atoms with E-state index in [1.54, 1.807) is 11.3 Å². The third-order valence-corrected chi connectivity index (χ3v) is 7.44. The molecule has 0 saturated carbocycles. The standard InChI is InChI=1S/C21H31N3O2S/c25-20(14-15-12-17-3-4-18(13-15)23-17)24-9-6-16(7-10-24)21(26)22-8-5-19-2-1-11-27-19/h1-2,11,15-18,23H,3-10,12-14H2,(H,22,26). The van der Waals surface area contributed by atoms with E-state index in [0.717, 1.165) is 45.2 Å². The highest BCUT2D eigenvalue weighted by Crippen LogP contribution is 2.33. The Hall–Kier alpha value is -1.40. The lowest BCUT2D eigenvalue weighted by molar-refractivity contribution is -0.136. The van der Waals surface area contributed by atoms with Gasteiger partial charge in [0, 0.05) is 48.9 Å². The maximum Gasteiger partial charge on any atom is 0.223 e. The molecular weight excluding hydrogens is 358 g/mol. The second-order valence-electron chi connectivity index (χ2n) is 8.45. The van der Waals surface area contributed by atoms with Gasteiger partial charge < -0.3 is 15.5 Å². The second-order valence-corrected chi connectivity index (χ2v) is 9.49. The van der Waals surface area contributed by atoms with Crippen molar-refractivity contribution in [3.63, 3.8) is 0 Å². The fourth-order valence-corrected chi connectivity index (χ4v) is 5.73. The van der Waals surface area contributed by atoms with Gasteiger partial charge in [0.2, 0.25) is 11.8 Å². The number of hydrogen-bond acceptors (Lipinski definition) is 4. The van der Waals surface area contributed by atoms with E-state index in [0.29, 0.717) is 36.9 Å². The van der Waals surface area contributed by atoms with Gasteiger partial charge in [-0.15, -0.1) is 11.3 Å². The minimum atomic E-state index is 0.0621. The zero-order valence-electron chi connectivity index (χ0n) is 16.0. The van der Waals surface area contributed by atoms with Gasteiger partial charge in [-0.2, -0.15) is 0 Å². The molecule has 2 N–H and O–H groups in total. The van der Waals surface area contributed by atoms with Crippen molar-refractivity contribution in [3.05, 3.63) is 22.4 Å². The third-order valence-electron chi connectivity index (χ3n) is 6.50. The van der Waals surface area contributed by atoms with Crippen LogP contribution in [0, 0.1) is 11.8 Å². The lowest BCUT2D eigenvalue weighted by Gasteiger charge is -2.34. The molecule has 0 aromatic carbocycles. The number of nitrogens with one attached hydrogen (secondary N) is 2. The molecule has 3 saturated heterocycles. The number of fused-ring (bicyclic) bond motifs is 2. The second kappa shape index (κ2) is 8.74. The normalized spacial score (nSPS) is 28.3. The molecule has 0 aliphatic carbocycles. The molecule has 4 rings (SSSR count). The number of likely N-dealkylation sites (tertiary alicyclic amines) is 1. The van der Waals surface area contributed by atoms with Crippen LogP contribution in [0.2, 0.25) is 0 Å². The highest BCUT2D eigenvalue weighted by molar-refractivity contribution is 7.09. The van der Waals surface area contributed by atoms with E-state index < -0.39 is 0 Å². The number of thiophene rings is 1. The Morgan fingerprint density at radius 2 is 1.89 bits per heavy atom. The van der Waals surface area contributed by atoms with Crippen LogP contribution in [0.25, 0.3) is 0 Å². The summed E-state index contributed by atoms with van der Waals surface area (Å²) in [5, 5.41) is 8.79. The summed E-state index contributed by atoms with van der Waals surface area (Å²) in [4.78, 5) is 28.4. The molecule has 148 valence electrons. The van der Waals surface area contributed by atoms with E-state index in [2.05, 4.69) is 22.1 Å². The monoisotopic (exact) mass is 389 g/mol. The van der Waals surface area contributed by atoms with Crippen molar-refractivity contribution in [2.24, 2.45) is 11.8 Å². The molecule has 6 heteroatoms. The van der Waals surface area contributed by atoms with E-state index in [4.69, 9.17) is 0 Å². The van der Waals surface area contributed by atoms with Crippen molar-refractivity contribution in [2.75, 3.05) is 19.6 Å². The summed E-state index contributed by atoms with van der Waals surface area (Å²) in [6.45, 7) is 2.18. The predicted molar refractivity (Wildman–Crippen MR) is 108 cm³/mol. The topological polar surface area (TPSA) is 61.4 Å². The zero-order chi connectivity index (χ0) is 18.6. The minimum absolute atomic E-state index is 0.0621. The molecule has 4 heterocycles. The molecular formula is C21H31N3O2S. The molecule has 2 bridgehead atoms. The quantitative estimate of drug-likeness (QED) is 0.786. The Morgan fingerprint density at radius 1 is 1.15 bits per heavy atom. The first-order chi connectivity index (χ1) is 13.2. The molecule has 2 amide bonds. The molecule has 5 nitrogen and oxygen atoms in total. The number of carbonyl (C=O) groups is 2.